The third-order valence-corrected chi connectivity index (χ3v) is 4.39. The van der Waals surface area contributed by atoms with Crippen molar-refractivity contribution >= 4 is 11.0 Å². The van der Waals surface area contributed by atoms with Crippen LogP contribution >= 0.6 is 0 Å². The van der Waals surface area contributed by atoms with Crippen LogP contribution in [0.4, 0.5) is 0 Å². The van der Waals surface area contributed by atoms with Crippen molar-refractivity contribution in [1.29, 1.82) is 0 Å². The summed E-state index contributed by atoms with van der Waals surface area (Å²) in [5.41, 5.74) is 2.43. The Hall–Kier alpha value is -1.68. The lowest BCUT2D eigenvalue weighted by molar-refractivity contribution is 0.368. The summed E-state index contributed by atoms with van der Waals surface area (Å²) in [6.07, 6.45) is 6.56. The summed E-state index contributed by atoms with van der Waals surface area (Å²) >= 11 is 0. The molecule has 0 unspecified atom stereocenters. The van der Waals surface area contributed by atoms with Crippen LogP contribution in [-0.2, 0) is 6.54 Å². The molecule has 2 aromatic rings. The number of aromatic nitrogens is 2. The number of hydrogen-bond acceptors (Lipinski definition) is 3. The first kappa shape index (κ1) is 14.3. The molecule has 21 heavy (non-hydrogen) atoms. The highest BCUT2D eigenvalue weighted by Gasteiger charge is 2.13. The number of para-hydroxylation sites is 2. The van der Waals surface area contributed by atoms with Crippen molar-refractivity contribution in [3.8, 4) is 0 Å². The van der Waals surface area contributed by atoms with E-state index in [-0.39, 0.29) is 5.56 Å². The maximum Gasteiger partial charge on any atom is 0.272 e. The van der Waals surface area contributed by atoms with Gasteiger partial charge in [0, 0.05) is 19.1 Å². The van der Waals surface area contributed by atoms with Crippen LogP contribution in [-0.4, -0.2) is 22.1 Å². The second kappa shape index (κ2) is 6.39. The van der Waals surface area contributed by atoms with Gasteiger partial charge in [0.15, 0.2) is 0 Å². The molecule has 1 heterocycles. The van der Waals surface area contributed by atoms with Gasteiger partial charge in [-0.05, 0) is 31.9 Å². The lowest BCUT2D eigenvalue weighted by atomic mass is 9.95. The molecule has 0 spiro atoms. The molecule has 112 valence electrons. The average molecular weight is 285 g/mol. The monoisotopic (exact) mass is 285 g/mol. The fraction of sp³-hybridized carbons (Fsp3) is 0.529. The summed E-state index contributed by atoms with van der Waals surface area (Å²) in [7, 11) is 0. The second-order valence-corrected chi connectivity index (χ2v) is 5.93. The normalized spacial score (nSPS) is 16.4. The van der Waals surface area contributed by atoms with Gasteiger partial charge >= 0.3 is 0 Å². The minimum atomic E-state index is 0.0270. The molecule has 1 aliphatic carbocycles. The minimum absolute atomic E-state index is 0.0270. The van der Waals surface area contributed by atoms with Crippen LogP contribution in [0.3, 0.4) is 0 Å². The molecule has 0 atom stereocenters. The molecule has 1 saturated carbocycles. The summed E-state index contributed by atoms with van der Waals surface area (Å²) < 4.78 is 1.85. The maximum absolute atomic E-state index is 12.3. The van der Waals surface area contributed by atoms with Gasteiger partial charge < -0.3 is 9.88 Å². The third-order valence-electron chi connectivity index (χ3n) is 4.39. The van der Waals surface area contributed by atoms with Gasteiger partial charge in [-0.1, -0.05) is 31.4 Å². The van der Waals surface area contributed by atoms with E-state index < -0.39 is 0 Å². The Bertz CT molecular complexity index is 671. The Morgan fingerprint density at radius 2 is 2.00 bits per heavy atom. The van der Waals surface area contributed by atoms with Crippen molar-refractivity contribution in [1.82, 2.24) is 14.9 Å². The fourth-order valence-electron chi connectivity index (χ4n) is 3.23. The molecule has 0 bridgehead atoms. The fourth-order valence-corrected chi connectivity index (χ4v) is 3.23. The number of rotatable bonds is 4. The molecule has 0 radical (unpaired) electrons. The smallest absolute Gasteiger partial charge is 0.272 e. The van der Waals surface area contributed by atoms with Crippen LogP contribution in [0.5, 0.6) is 0 Å². The number of aryl methyl sites for hydroxylation is 1. The molecule has 0 amide bonds. The Morgan fingerprint density at radius 1 is 1.24 bits per heavy atom. The van der Waals surface area contributed by atoms with Crippen LogP contribution in [0.15, 0.2) is 29.1 Å². The standard InChI is InChI=1S/C17H23N3O/c1-13-17(21)20(16-10-6-5-9-15(16)19-13)12-11-18-14-7-3-2-4-8-14/h5-6,9-10,14,18H,2-4,7-8,11-12H2,1H3. The Balaban J connectivity index is 1.76. The molecule has 1 aliphatic rings. The zero-order valence-electron chi connectivity index (χ0n) is 12.6. The topological polar surface area (TPSA) is 46.9 Å². The Morgan fingerprint density at radius 3 is 2.81 bits per heavy atom. The highest BCUT2D eigenvalue weighted by Crippen LogP contribution is 2.17. The summed E-state index contributed by atoms with van der Waals surface area (Å²) in [5.74, 6) is 0. The van der Waals surface area contributed by atoms with Crippen molar-refractivity contribution in [3.63, 3.8) is 0 Å². The molecule has 4 nitrogen and oxygen atoms in total. The second-order valence-electron chi connectivity index (χ2n) is 5.93. The number of nitrogens with one attached hydrogen (secondary N) is 1. The van der Waals surface area contributed by atoms with Gasteiger partial charge in [-0.2, -0.15) is 0 Å². The summed E-state index contributed by atoms with van der Waals surface area (Å²) in [6.45, 7) is 3.34. The number of benzene rings is 1. The molecule has 3 rings (SSSR count). The van der Waals surface area contributed by atoms with E-state index in [1.165, 1.54) is 32.1 Å². The van der Waals surface area contributed by atoms with Crippen molar-refractivity contribution in [2.75, 3.05) is 6.54 Å². The predicted octanol–water partition coefficient (Wildman–Crippen LogP) is 2.63. The first-order valence-corrected chi connectivity index (χ1v) is 7.95. The van der Waals surface area contributed by atoms with Crippen LogP contribution < -0.4 is 10.9 Å². The molecule has 4 heteroatoms. The maximum atomic E-state index is 12.3. The van der Waals surface area contributed by atoms with Crippen molar-refractivity contribution in [2.24, 2.45) is 0 Å². The predicted molar refractivity (Wildman–Crippen MR) is 85.6 cm³/mol. The van der Waals surface area contributed by atoms with E-state index in [0.717, 1.165) is 17.6 Å². The first-order valence-electron chi connectivity index (χ1n) is 7.95. The lowest BCUT2D eigenvalue weighted by Gasteiger charge is -2.23. The van der Waals surface area contributed by atoms with Gasteiger partial charge in [-0.25, -0.2) is 4.98 Å². The molecule has 1 N–H and O–H groups in total. The molecule has 1 aromatic heterocycles. The highest BCUT2D eigenvalue weighted by molar-refractivity contribution is 5.74. The van der Waals surface area contributed by atoms with Gasteiger partial charge in [0.1, 0.15) is 5.69 Å². The SMILES string of the molecule is Cc1nc2ccccc2n(CCNC2CCCCC2)c1=O. The van der Waals surface area contributed by atoms with Crippen molar-refractivity contribution in [3.05, 3.63) is 40.3 Å². The first-order chi connectivity index (χ1) is 10.3. The highest BCUT2D eigenvalue weighted by atomic mass is 16.1. The molecule has 0 saturated heterocycles. The average Bonchev–Trinajstić information content (AvgIpc) is 2.52. The molecular formula is C17H23N3O. The van der Waals surface area contributed by atoms with Gasteiger partial charge in [0.05, 0.1) is 11.0 Å². The number of hydrogen-bond donors (Lipinski definition) is 1. The van der Waals surface area contributed by atoms with Crippen molar-refractivity contribution < 1.29 is 0 Å². The van der Waals surface area contributed by atoms with E-state index in [0.29, 0.717) is 18.3 Å². The van der Waals surface area contributed by atoms with E-state index in [2.05, 4.69) is 10.3 Å². The minimum Gasteiger partial charge on any atom is -0.312 e. The van der Waals surface area contributed by atoms with Gasteiger partial charge in [-0.15, -0.1) is 0 Å². The van der Waals surface area contributed by atoms with E-state index in [9.17, 15) is 4.79 Å². The van der Waals surface area contributed by atoms with Crippen LogP contribution in [0, 0.1) is 6.92 Å². The van der Waals surface area contributed by atoms with Crippen LogP contribution in [0.1, 0.15) is 37.8 Å². The summed E-state index contributed by atoms with van der Waals surface area (Å²) in [4.78, 5) is 16.7. The van der Waals surface area contributed by atoms with Crippen LogP contribution in [0.2, 0.25) is 0 Å². The van der Waals surface area contributed by atoms with E-state index in [1.54, 1.807) is 6.92 Å². The van der Waals surface area contributed by atoms with Crippen LogP contribution in [0.25, 0.3) is 11.0 Å². The Labute approximate surface area is 125 Å². The molecular weight excluding hydrogens is 262 g/mol. The number of nitrogens with zero attached hydrogens (tertiary/aromatic N) is 2. The van der Waals surface area contributed by atoms with Gasteiger partial charge in [-0.3, -0.25) is 4.79 Å². The third kappa shape index (κ3) is 3.16. The van der Waals surface area contributed by atoms with E-state index >= 15 is 0 Å². The summed E-state index contributed by atoms with van der Waals surface area (Å²) in [5, 5.41) is 3.60. The molecule has 1 aromatic carbocycles. The molecule has 1 fully saturated rings. The Kier molecular flexibility index (Phi) is 4.34. The lowest BCUT2D eigenvalue weighted by Crippen LogP contribution is -2.35. The largest absolute Gasteiger partial charge is 0.312 e. The van der Waals surface area contributed by atoms with E-state index in [1.807, 2.05) is 28.8 Å². The van der Waals surface area contributed by atoms with Crippen molar-refractivity contribution in [2.45, 2.75) is 51.6 Å². The summed E-state index contributed by atoms with van der Waals surface area (Å²) in [6, 6.07) is 8.49. The molecule has 0 aliphatic heterocycles. The quantitative estimate of drug-likeness (QED) is 0.939. The van der Waals surface area contributed by atoms with Gasteiger partial charge in [0.25, 0.3) is 5.56 Å². The number of fused-ring (bicyclic) bond motifs is 1. The zero-order valence-corrected chi connectivity index (χ0v) is 12.6. The van der Waals surface area contributed by atoms with Gasteiger partial charge in [0.2, 0.25) is 0 Å². The zero-order chi connectivity index (χ0) is 14.7. The van der Waals surface area contributed by atoms with E-state index in [4.69, 9.17) is 0 Å².